The van der Waals surface area contributed by atoms with E-state index >= 15 is 0 Å². The van der Waals surface area contributed by atoms with E-state index in [2.05, 4.69) is 22.1 Å². The van der Waals surface area contributed by atoms with Crippen molar-refractivity contribution in [2.75, 3.05) is 12.8 Å². The topological polar surface area (TPSA) is 76.8 Å². The van der Waals surface area contributed by atoms with Gasteiger partial charge in [0.2, 0.25) is 0 Å². The summed E-state index contributed by atoms with van der Waals surface area (Å²) in [6, 6.07) is 20.1. The lowest BCUT2D eigenvalue weighted by Crippen LogP contribution is -2.02. The molecule has 5 nitrogen and oxygen atoms in total. The molecule has 0 atom stereocenters. The van der Waals surface area contributed by atoms with E-state index in [1.165, 1.54) is 0 Å². The Morgan fingerprint density at radius 1 is 0.966 bits per heavy atom. The molecule has 5 aromatic rings. The van der Waals surface area contributed by atoms with Gasteiger partial charge in [-0.2, -0.15) is 0 Å². The molecular weight excluding hydrogens is 400 g/mol. The third kappa shape index (κ3) is 2.95. The van der Waals surface area contributed by atoms with E-state index in [-0.39, 0.29) is 0 Å². The van der Waals surface area contributed by atoms with Crippen LogP contribution in [0.5, 0.6) is 5.75 Å². The van der Waals surface area contributed by atoms with E-state index in [1.54, 1.807) is 18.4 Å². The Labute approximate surface area is 175 Å². The molecule has 142 valence electrons. The minimum atomic E-state index is 0.317. The SMILES string of the molecule is COc1ccc2ccccc2c1-c1[nH]c(=S)nc(N)c1-c1nc2ccccc2s1. The van der Waals surface area contributed by atoms with Crippen molar-refractivity contribution in [3.05, 3.63) is 65.4 Å². The highest BCUT2D eigenvalue weighted by atomic mass is 32.1. The average Bonchev–Trinajstić information content (AvgIpc) is 3.15. The van der Waals surface area contributed by atoms with Crippen molar-refractivity contribution in [1.82, 2.24) is 15.0 Å². The Bertz CT molecular complexity index is 1410. The molecule has 0 spiro atoms. The van der Waals surface area contributed by atoms with E-state index in [9.17, 15) is 0 Å². The summed E-state index contributed by atoms with van der Waals surface area (Å²) in [4.78, 5) is 12.4. The molecule has 3 aromatic carbocycles. The first-order chi connectivity index (χ1) is 14.2. The van der Waals surface area contributed by atoms with Crippen molar-refractivity contribution in [3.63, 3.8) is 0 Å². The molecule has 0 unspecified atom stereocenters. The van der Waals surface area contributed by atoms with Gasteiger partial charge in [-0.15, -0.1) is 11.3 Å². The fourth-order valence-electron chi connectivity index (χ4n) is 3.55. The van der Waals surface area contributed by atoms with Gasteiger partial charge < -0.3 is 15.5 Å². The first-order valence-corrected chi connectivity index (χ1v) is 10.2. The Morgan fingerprint density at radius 3 is 2.59 bits per heavy atom. The molecule has 0 aliphatic carbocycles. The summed E-state index contributed by atoms with van der Waals surface area (Å²) in [5.41, 5.74) is 9.68. The highest BCUT2D eigenvalue weighted by Crippen LogP contribution is 2.44. The number of anilines is 1. The van der Waals surface area contributed by atoms with Crippen molar-refractivity contribution in [1.29, 1.82) is 0 Å². The van der Waals surface area contributed by atoms with Crippen LogP contribution < -0.4 is 10.5 Å². The predicted molar refractivity (Wildman–Crippen MR) is 122 cm³/mol. The molecule has 29 heavy (non-hydrogen) atoms. The molecule has 0 aliphatic heterocycles. The summed E-state index contributed by atoms with van der Waals surface area (Å²) >= 11 is 6.93. The molecule has 0 fully saturated rings. The molecule has 0 amide bonds. The fourth-order valence-corrected chi connectivity index (χ4v) is 4.78. The van der Waals surface area contributed by atoms with Crippen LogP contribution >= 0.6 is 23.6 Å². The molecule has 5 rings (SSSR count). The molecule has 3 N–H and O–H groups in total. The number of H-pyrrole nitrogens is 1. The highest BCUT2D eigenvalue weighted by Gasteiger charge is 2.21. The van der Waals surface area contributed by atoms with Gasteiger partial charge in [-0.3, -0.25) is 0 Å². The number of nitrogen functional groups attached to an aromatic ring is 1. The van der Waals surface area contributed by atoms with Crippen LogP contribution in [0.25, 0.3) is 42.8 Å². The van der Waals surface area contributed by atoms with Gasteiger partial charge in [0.15, 0.2) is 4.77 Å². The van der Waals surface area contributed by atoms with Crippen LogP contribution in [0.4, 0.5) is 5.82 Å². The van der Waals surface area contributed by atoms with Crippen molar-refractivity contribution in [2.45, 2.75) is 0 Å². The zero-order valence-electron chi connectivity index (χ0n) is 15.5. The number of aromatic nitrogens is 3. The van der Waals surface area contributed by atoms with Crippen molar-refractivity contribution < 1.29 is 4.74 Å². The van der Waals surface area contributed by atoms with Crippen LogP contribution in [-0.2, 0) is 0 Å². The van der Waals surface area contributed by atoms with Crippen LogP contribution in [0.15, 0.2) is 60.7 Å². The molecule has 7 heteroatoms. The van der Waals surface area contributed by atoms with E-state index in [1.807, 2.05) is 48.5 Å². The number of nitrogens with two attached hydrogens (primary N) is 1. The second-order valence-corrected chi connectivity index (χ2v) is 7.95. The summed E-state index contributed by atoms with van der Waals surface area (Å²) in [5.74, 6) is 1.07. The number of para-hydroxylation sites is 1. The highest BCUT2D eigenvalue weighted by molar-refractivity contribution is 7.71. The quantitative estimate of drug-likeness (QED) is 0.362. The third-order valence-corrected chi connectivity index (χ3v) is 6.08. The first kappa shape index (κ1) is 17.8. The van der Waals surface area contributed by atoms with E-state index < -0.39 is 0 Å². The number of aromatic amines is 1. The first-order valence-electron chi connectivity index (χ1n) is 8.97. The second kappa shape index (κ2) is 6.95. The van der Waals surface area contributed by atoms with Crippen LogP contribution in [0.1, 0.15) is 0 Å². The van der Waals surface area contributed by atoms with Gasteiger partial charge in [-0.25, -0.2) is 9.97 Å². The molecule has 0 saturated carbocycles. The molecule has 0 saturated heterocycles. The Morgan fingerprint density at radius 2 is 1.76 bits per heavy atom. The van der Waals surface area contributed by atoms with Crippen LogP contribution in [0.3, 0.4) is 0 Å². The van der Waals surface area contributed by atoms with Crippen LogP contribution in [0, 0.1) is 4.77 Å². The lowest BCUT2D eigenvalue weighted by Gasteiger charge is -2.16. The van der Waals surface area contributed by atoms with Gasteiger partial charge >= 0.3 is 0 Å². The minimum Gasteiger partial charge on any atom is -0.496 e. The van der Waals surface area contributed by atoms with Crippen molar-refractivity contribution >= 4 is 50.4 Å². The number of thiazole rings is 1. The van der Waals surface area contributed by atoms with Crippen LogP contribution in [0.2, 0.25) is 0 Å². The molecule has 0 bridgehead atoms. The van der Waals surface area contributed by atoms with Gasteiger partial charge in [0.05, 0.1) is 28.6 Å². The molecule has 0 aliphatic rings. The Kier molecular flexibility index (Phi) is 4.26. The van der Waals surface area contributed by atoms with E-state index in [0.29, 0.717) is 10.6 Å². The van der Waals surface area contributed by atoms with E-state index in [4.69, 9.17) is 27.7 Å². The second-order valence-electron chi connectivity index (χ2n) is 6.53. The maximum Gasteiger partial charge on any atom is 0.199 e. The third-order valence-electron chi connectivity index (χ3n) is 4.83. The van der Waals surface area contributed by atoms with Gasteiger partial charge in [0, 0.05) is 5.56 Å². The zero-order valence-corrected chi connectivity index (χ0v) is 17.1. The van der Waals surface area contributed by atoms with Gasteiger partial charge in [-0.05, 0) is 41.2 Å². The van der Waals surface area contributed by atoms with Gasteiger partial charge in [-0.1, -0.05) is 42.5 Å². The molecule has 0 radical (unpaired) electrons. The Hall–Kier alpha value is -3.29. The standard InChI is InChI=1S/C22H16N4OS2/c1-27-15-11-10-12-6-2-3-7-13(12)17(15)19-18(20(23)26-22(28)25-19)21-24-14-8-4-5-9-16(14)29-21/h2-11H,1H3,(H3,23,25,26,28). The Balaban J connectivity index is 1.90. The number of hydrogen-bond acceptors (Lipinski definition) is 6. The number of hydrogen-bond donors (Lipinski definition) is 2. The van der Waals surface area contributed by atoms with Crippen molar-refractivity contribution in [2.24, 2.45) is 0 Å². The number of fused-ring (bicyclic) bond motifs is 2. The largest absolute Gasteiger partial charge is 0.496 e. The van der Waals surface area contributed by atoms with Gasteiger partial charge in [0.1, 0.15) is 16.6 Å². The predicted octanol–water partition coefficient (Wildman–Crippen LogP) is 5.83. The number of ether oxygens (including phenoxy) is 1. The zero-order chi connectivity index (χ0) is 20.0. The molecular formula is C22H16N4OS2. The summed E-state index contributed by atoms with van der Waals surface area (Å²) in [5, 5.41) is 2.91. The number of rotatable bonds is 3. The monoisotopic (exact) mass is 416 g/mol. The van der Waals surface area contributed by atoms with Gasteiger partial charge in [0.25, 0.3) is 0 Å². The summed E-state index contributed by atoms with van der Waals surface area (Å²) in [7, 11) is 1.66. The average molecular weight is 417 g/mol. The summed E-state index contributed by atoms with van der Waals surface area (Å²) < 4.78 is 7.11. The maximum atomic E-state index is 6.38. The minimum absolute atomic E-state index is 0.317. The number of methoxy groups -OCH3 is 1. The number of nitrogens with zero attached hydrogens (tertiary/aromatic N) is 2. The van der Waals surface area contributed by atoms with Crippen LogP contribution in [-0.4, -0.2) is 22.1 Å². The lowest BCUT2D eigenvalue weighted by molar-refractivity contribution is 0.417. The van der Waals surface area contributed by atoms with Crippen molar-refractivity contribution in [3.8, 4) is 27.6 Å². The lowest BCUT2D eigenvalue weighted by atomic mass is 9.98. The number of nitrogens with one attached hydrogen (secondary N) is 1. The summed E-state index contributed by atoms with van der Waals surface area (Å²) in [6.07, 6.45) is 0. The summed E-state index contributed by atoms with van der Waals surface area (Å²) in [6.45, 7) is 0. The maximum absolute atomic E-state index is 6.38. The number of benzene rings is 3. The molecule has 2 heterocycles. The fraction of sp³-hybridized carbons (Fsp3) is 0.0455. The molecule has 2 aromatic heterocycles. The smallest absolute Gasteiger partial charge is 0.199 e. The van der Waals surface area contributed by atoms with E-state index in [0.717, 1.165) is 48.6 Å². The normalized spacial score (nSPS) is 11.2.